The first-order chi connectivity index (χ1) is 15.5. The molecule has 9 heteroatoms. The van der Waals surface area contributed by atoms with E-state index in [1.54, 1.807) is 25.1 Å². The highest BCUT2D eigenvalue weighted by atomic mass is 35.5. The van der Waals surface area contributed by atoms with Crippen molar-refractivity contribution in [3.05, 3.63) is 64.2 Å². The summed E-state index contributed by atoms with van der Waals surface area (Å²) < 4.78 is 26.4. The van der Waals surface area contributed by atoms with Crippen LogP contribution in [0, 0.1) is 13.8 Å². The molecule has 0 saturated heterocycles. The molecule has 0 radical (unpaired) electrons. The van der Waals surface area contributed by atoms with Crippen LogP contribution in [0.4, 0.5) is 5.69 Å². The van der Waals surface area contributed by atoms with Crippen molar-refractivity contribution in [3.63, 3.8) is 0 Å². The monoisotopic (exact) mass is 493 g/mol. The Hall–Kier alpha value is -2.58. The summed E-state index contributed by atoms with van der Waals surface area (Å²) in [6.45, 7) is 7.51. The number of benzene rings is 2. The average Bonchev–Trinajstić information content (AvgIpc) is 2.73. The molecular weight excluding hydrogens is 462 g/mol. The molecule has 33 heavy (non-hydrogen) atoms. The number of carbonyl (C=O) groups is 2. The lowest BCUT2D eigenvalue weighted by Gasteiger charge is -2.33. The average molecular weight is 494 g/mol. The lowest BCUT2D eigenvalue weighted by molar-refractivity contribution is -0.140. The third kappa shape index (κ3) is 6.95. The van der Waals surface area contributed by atoms with Crippen LogP contribution in [0.15, 0.2) is 42.5 Å². The Balaban J connectivity index is 2.48. The lowest BCUT2D eigenvalue weighted by Crippen LogP contribution is -2.52. The van der Waals surface area contributed by atoms with Gasteiger partial charge in [0.05, 0.1) is 11.9 Å². The minimum atomic E-state index is -3.78. The Morgan fingerprint density at radius 2 is 1.73 bits per heavy atom. The Morgan fingerprint density at radius 1 is 1.06 bits per heavy atom. The smallest absolute Gasteiger partial charge is 0.244 e. The van der Waals surface area contributed by atoms with Crippen LogP contribution < -0.4 is 9.62 Å². The second kappa shape index (κ2) is 11.5. The van der Waals surface area contributed by atoms with Crippen molar-refractivity contribution in [2.45, 2.75) is 46.7 Å². The van der Waals surface area contributed by atoms with Gasteiger partial charge in [-0.3, -0.25) is 13.9 Å². The third-order valence-electron chi connectivity index (χ3n) is 5.45. The molecule has 0 aliphatic heterocycles. The maximum Gasteiger partial charge on any atom is 0.244 e. The SMILES string of the molecule is CCNC(=O)C(CC)N(Cc1ccccc1C)C(=O)CN(c1ccc(Cl)cc1C)S(C)(=O)=O. The fraction of sp³-hybridized carbons (Fsp3) is 0.417. The Labute approximate surface area is 201 Å². The number of nitrogens with zero attached hydrogens (tertiary/aromatic N) is 2. The van der Waals surface area contributed by atoms with Gasteiger partial charge in [-0.05, 0) is 62.1 Å². The highest BCUT2D eigenvalue weighted by molar-refractivity contribution is 7.92. The van der Waals surface area contributed by atoms with E-state index in [4.69, 9.17) is 11.6 Å². The van der Waals surface area contributed by atoms with Gasteiger partial charge in [-0.2, -0.15) is 0 Å². The minimum absolute atomic E-state index is 0.193. The van der Waals surface area contributed by atoms with Crippen LogP contribution in [0.3, 0.4) is 0 Å². The number of sulfonamides is 1. The van der Waals surface area contributed by atoms with Crippen molar-refractivity contribution in [1.82, 2.24) is 10.2 Å². The van der Waals surface area contributed by atoms with E-state index >= 15 is 0 Å². The Morgan fingerprint density at radius 3 is 2.27 bits per heavy atom. The molecule has 0 bridgehead atoms. The number of likely N-dealkylation sites (N-methyl/N-ethyl adjacent to an activating group) is 1. The van der Waals surface area contributed by atoms with Crippen molar-refractivity contribution >= 4 is 39.1 Å². The summed E-state index contributed by atoms with van der Waals surface area (Å²) in [5, 5.41) is 3.26. The molecule has 0 aromatic heterocycles. The second-order valence-electron chi connectivity index (χ2n) is 7.97. The highest BCUT2D eigenvalue weighted by Crippen LogP contribution is 2.26. The molecule has 2 aromatic carbocycles. The normalized spacial score (nSPS) is 12.2. The number of amides is 2. The van der Waals surface area contributed by atoms with Gasteiger partial charge < -0.3 is 10.2 Å². The molecule has 0 saturated carbocycles. The van der Waals surface area contributed by atoms with E-state index in [9.17, 15) is 18.0 Å². The first kappa shape index (κ1) is 26.7. The number of anilines is 1. The van der Waals surface area contributed by atoms with Gasteiger partial charge in [-0.1, -0.05) is 42.8 Å². The number of hydrogen-bond donors (Lipinski definition) is 1. The minimum Gasteiger partial charge on any atom is -0.355 e. The first-order valence-electron chi connectivity index (χ1n) is 10.8. The summed E-state index contributed by atoms with van der Waals surface area (Å²) >= 11 is 6.03. The van der Waals surface area contributed by atoms with Crippen LogP contribution in [0.5, 0.6) is 0 Å². The number of aryl methyl sites for hydroxylation is 2. The molecule has 0 fully saturated rings. The van der Waals surface area contributed by atoms with E-state index in [1.165, 1.54) is 4.90 Å². The summed E-state index contributed by atoms with van der Waals surface area (Å²) in [5.74, 6) is -0.730. The van der Waals surface area contributed by atoms with Crippen molar-refractivity contribution < 1.29 is 18.0 Å². The number of hydrogen-bond acceptors (Lipinski definition) is 4. The van der Waals surface area contributed by atoms with E-state index in [1.807, 2.05) is 45.0 Å². The molecule has 1 unspecified atom stereocenters. The summed E-state index contributed by atoms with van der Waals surface area (Å²) in [4.78, 5) is 27.8. The molecule has 0 spiro atoms. The molecule has 2 aromatic rings. The summed E-state index contributed by atoms with van der Waals surface area (Å²) in [5.41, 5.74) is 2.87. The van der Waals surface area contributed by atoms with E-state index in [-0.39, 0.29) is 12.5 Å². The molecular formula is C24H32ClN3O4S. The van der Waals surface area contributed by atoms with Gasteiger partial charge in [-0.25, -0.2) is 8.42 Å². The Bertz CT molecular complexity index is 1100. The molecule has 7 nitrogen and oxygen atoms in total. The van der Waals surface area contributed by atoms with Crippen LogP contribution in [-0.2, 0) is 26.2 Å². The van der Waals surface area contributed by atoms with E-state index < -0.39 is 28.5 Å². The van der Waals surface area contributed by atoms with Crippen molar-refractivity contribution in [2.24, 2.45) is 0 Å². The van der Waals surface area contributed by atoms with Gasteiger partial charge in [0, 0.05) is 18.1 Å². The van der Waals surface area contributed by atoms with E-state index in [2.05, 4.69) is 5.32 Å². The van der Waals surface area contributed by atoms with Gasteiger partial charge in [0.15, 0.2) is 0 Å². The van der Waals surface area contributed by atoms with Crippen LogP contribution in [0.1, 0.15) is 37.0 Å². The summed E-state index contributed by atoms with van der Waals surface area (Å²) in [6.07, 6.45) is 1.45. The molecule has 0 aliphatic rings. The van der Waals surface area contributed by atoms with Gasteiger partial charge in [0.1, 0.15) is 12.6 Å². The topological polar surface area (TPSA) is 86.8 Å². The Kier molecular flexibility index (Phi) is 9.31. The molecule has 180 valence electrons. The standard InChI is InChI=1S/C24H32ClN3O4S/c1-6-21(24(30)26-7-2)27(15-19-11-9-8-10-17(19)3)23(29)16-28(33(5,31)32)22-13-12-20(25)14-18(22)4/h8-14,21H,6-7,15-16H2,1-5H3,(H,26,30). The van der Waals surface area contributed by atoms with Crippen molar-refractivity contribution in [3.8, 4) is 0 Å². The van der Waals surface area contributed by atoms with Gasteiger partial charge in [0.25, 0.3) is 0 Å². The van der Waals surface area contributed by atoms with Crippen molar-refractivity contribution in [2.75, 3.05) is 23.7 Å². The second-order valence-corrected chi connectivity index (χ2v) is 10.3. The summed E-state index contributed by atoms with van der Waals surface area (Å²) in [7, 11) is -3.78. The number of nitrogens with one attached hydrogen (secondary N) is 1. The van der Waals surface area contributed by atoms with E-state index in [0.29, 0.717) is 29.2 Å². The molecule has 1 N–H and O–H groups in total. The fourth-order valence-electron chi connectivity index (χ4n) is 3.68. The van der Waals surface area contributed by atoms with Crippen LogP contribution in [0.25, 0.3) is 0 Å². The lowest BCUT2D eigenvalue weighted by atomic mass is 10.1. The molecule has 1 atom stereocenters. The van der Waals surface area contributed by atoms with E-state index in [0.717, 1.165) is 21.7 Å². The maximum absolute atomic E-state index is 13.6. The highest BCUT2D eigenvalue weighted by Gasteiger charge is 2.32. The van der Waals surface area contributed by atoms with Gasteiger partial charge >= 0.3 is 0 Å². The van der Waals surface area contributed by atoms with Crippen molar-refractivity contribution in [1.29, 1.82) is 0 Å². The molecule has 0 aliphatic carbocycles. The zero-order chi connectivity index (χ0) is 24.8. The molecule has 0 heterocycles. The largest absolute Gasteiger partial charge is 0.355 e. The maximum atomic E-state index is 13.6. The number of carbonyl (C=O) groups excluding carboxylic acids is 2. The van der Waals surface area contributed by atoms with Crippen LogP contribution >= 0.6 is 11.6 Å². The fourth-order valence-corrected chi connectivity index (χ4v) is 4.81. The molecule has 2 amide bonds. The zero-order valence-electron chi connectivity index (χ0n) is 19.8. The summed E-state index contributed by atoms with van der Waals surface area (Å²) in [6, 6.07) is 11.7. The number of rotatable bonds is 10. The van der Waals surface area contributed by atoms with Gasteiger partial charge in [-0.15, -0.1) is 0 Å². The zero-order valence-corrected chi connectivity index (χ0v) is 21.3. The van der Waals surface area contributed by atoms with Crippen LogP contribution in [0.2, 0.25) is 5.02 Å². The predicted molar refractivity (Wildman–Crippen MR) is 133 cm³/mol. The number of halogens is 1. The van der Waals surface area contributed by atoms with Crippen LogP contribution in [-0.4, -0.2) is 50.5 Å². The predicted octanol–water partition coefficient (Wildman–Crippen LogP) is 3.67. The van der Waals surface area contributed by atoms with Gasteiger partial charge in [0.2, 0.25) is 21.8 Å². The third-order valence-corrected chi connectivity index (χ3v) is 6.81. The quantitative estimate of drug-likeness (QED) is 0.547. The first-order valence-corrected chi connectivity index (χ1v) is 13.1. The molecule has 2 rings (SSSR count).